The zero-order valence-corrected chi connectivity index (χ0v) is 8.57. The molecule has 3 N–H and O–H groups in total. The Morgan fingerprint density at radius 2 is 2.33 bits per heavy atom. The van der Waals surface area contributed by atoms with Crippen LogP contribution >= 0.6 is 0 Å². The van der Waals surface area contributed by atoms with Crippen molar-refractivity contribution in [3.05, 3.63) is 28.8 Å². The van der Waals surface area contributed by atoms with Crippen molar-refractivity contribution in [1.29, 1.82) is 0 Å². The van der Waals surface area contributed by atoms with E-state index in [4.69, 9.17) is 10.4 Å². The third-order valence-electron chi connectivity index (χ3n) is 3.46. The highest BCUT2D eigenvalue weighted by molar-refractivity contribution is 6.61. The van der Waals surface area contributed by atoms with E-state index >= 15 is 0 Å². The normalized spacial score (nSPS) is 23.1. The second kappa shape index (κ2) is 3.34. The summed E-state index contributed by atoms with van der Waals surface area (Å²) in [4.78, 5) is 0. The van der Waals surface area contributed by atoms with Crippen LogP contribution in [0.5, 0.6) is 0 Å². The third kappa shape index (κ3) is 1.25. The Morgan fingerprint density at radius 3 is 3.13 bits per heavy atom. The highest BCUT2D eigenvalue weighted by Gasteiger charge is 2.37. The number of hydrogen-bond donors (Lipinski definition) is 2. The lowest BCUT2D eigenvalue weighted by Gasteiger charge is -2.13. The molecule has 4 heteroatoms. The van der Waals surface area contributed by atoms with Crippen molar-refractivity contribution in [2.24, 2.45) is 5.73 Å². The van der Waals surface area contributed by atoms with Gasteiger partial charge in [0.25, 0.3) is 0 Å². The van der Waals surface area contributed by atoms with E-state index < -0.39 is 7.12 Å². The Bertz CT molecular complexity index is 408. The molecule has 15 heavy (non-hydrogen) atoms. The van der Waals surface area contributed by atoms with Crippen molar-refractivity contribution in [3.63, 3.8) is 0 Å². The van der Waals surface area contributed by atoms with Gasteiger partial charge in [-0.25, -0.2) is 0 Å². The molecule has 1 aromatic rings. The van der Waals surface area contributed by atoms with Gasteiger partial charge in [0.2, 0.25) is 0 Å². The van der Waals surface area contributed by atoms with E-state index in [1.165, 1.54) is 23.1 Å². The quantitative estimate of drug-likeness (QED) is 0.626. The molecule has 3 nitrogen and oxygen atoms in total. The molecule has 0 saturated heterocycles. The van der Waals surface area contributed by atoms with Gasteiger partial charge in [0.05, 0.1) is 6.10 Å². The monoisotopic (exact) mass is 203 g/mol. The molecular formula is C11H14BNO2. The van der Waals surface area contributed by atoms with Crippen LogP contribution in [-0.2, 0) is 17.5 Å². The molecule has 1 aromatic carbocycles. The summed E-state index contributed by atoms with van der Waals surface area (Å²) in [6, 6.07) is 4.10. The Labute approximate surface area is 89.4 Å². The summed E-state index contributed by atoms with van der Waals surface area (Å²) in [6.45, 7) is 0.445. The van der Waals surface area contributed by atoms with Crippen LogP contribution in [0.25, 0.3) is 0 Å². The van der Waals surface area contributed by atoms with Crippen molar-refractivity contribution in [3.8, 4) is 0 Å². The van der Waals surface area contributed by atoms with Crippen LogP contribution in [0, 0.1) is 0 Å². The van der Waals surface area contributed by atoms with E-state index in [0.717, 1.165) is 18.3 Å². The van der Waals surface area contributed by atoms with Gasteiger partial charge < -0.3 is 15.4 Å². The van der Waals surface area contributed by atoms with E-state index in [1.54, 1.807) is 0 Å². The molecule has 0 amide bonds. The van der Waals surface area contributed by atoms with Crippen LogP contribution in [-0.4, -0.2) is 18.7 Å². The van der Waals surface area contributed by atoms with E-state index in [2.05, 4.69) is 6.07 Å². The summed E-state index contributed by atoms with van der Waals surface area (Å²) in [5.74, 6) is 0. The van der Waals surface area contributed by atoms with E-state index in [0.29, 0.717) is 6.54 Å². The van der Waals surface area contributed by atoms with Crippen molar-refractivity contribution in [2.45, 2.75) is 25.4 Å². The van der Waals surface area contributed by atoms with Gasteiger partial charge >= 0.3 is 7.12 Å². The third-order valence-corrected chi connectivity index (χ3v) is 3.46. The maximum atomic E-state index is 9.74. The molecule has 1 unspecified atom stereocenters. The number of fused-ring (bicyclic) bond motifs is 3. The molecule has 0 aromatic heterocycles. The molecule has 1 atom stereocenters. The minimum atomic E-state index is -0.778. The van der Waals surface area contributed by atoms with Crippen molar-refractivity contribution < 1.29 is 9.68 Å². The fourth-order valence-electron chi connectivity index (χ4n) is 2.78. The SMILES string of the molecule is NCC1OB(O)c2ccc3c(c21)CCC3. The molecular weight excluding hydrogens is 189 g/mol. The first-order valence-corrected chi connectivity index (χ1v) is 5.49. The lowest BCUT2D eigenvalue weighted by atomic mass is 9.77. The second-order valence-corrected chi connectivity index (χ2v) is 4.27. The van der Waals surface area contributed by atoms with Crippen LogP contribution < -0.4 is 11.2 Å². The minimum Gasteiger partial charge on any atom is -0.423 e. The van der Waals surface area contributed by atoms with Gasteiger partial charge in [-0.2, -0.15) is 0 Å². The molecule has 0 saturated carbocycles. The molecule has 1 heterocycles. The fourth-order valence-corrected chi connectivity index (χ4v) is 2.78. The molecule has 0 bridgehead atoms. The van der Waals surface area contributed by atoms with Crippen LogP contribution in [0.15, 0.2) is 12.1 Å². The molecule has 1 aliphatic heterocycles. The summed E-state index contributed by atoms with van der Waals surface area (Å²) in [6.07, 6.45) is 3.35. The van der Waals surface area contributed by atoms with Gasteiger partial charge in [-0.1, -0.05) is 12.1 Å². The van der Waals surface area contributed by atoms with Crippen LogP contribution in [0.2, 0.25) is 0 Å². The van der Waals surface area contributed by atoms with E-state index in [-0.39, 0.29) is 6.10 Å². The summed E-state index contributed by atoms with van der Waals surface area (Å²) < 4.78 is 5.44. The van der Waals surface area contributed by atoms with Gasteiger partial charge in [-0.3, -0.25) is 0 Å². The molecule has 2 aliphatic rings. The molecule has 1 aliphatic carbocycles. The van der Waals surface area contributed by atoms with Crippen molar-refractivity contribution >= 4 is 12.6 Å². The standard InChI is InChI=1S/C11H14BNO2/c13-6-10-11-8-3-1-2-7(8)4-5-9(11)12(14)15-10/h4-5,10,14H,1-3,6,13H2. The lowest BCUT2D eigenvalue weighted by Crippen LogP contribution is -2.28. The van der Waals surface area contributed by atoms with Crippen LogP contribution in [0.4, 0.5) is 0 Å². The highest BCUT2D eigenvalue weighted by Crippen LogP contribution is 2.32. The van der Waals surface area contributed by atoms with Crippen LogP contribution in [0.1, 0.15) is 29.2 Å². The Kier molecular flexibility index (Phi) is 2.09. The molecule has 0 spiro atoms. The predicted molar refractivity (Wildman–Crippen MR) is 59.0 cm³/mol. The Hall–Kier alpha value is -0.835. The first-order chi connectivity index (χ1) is 7.31. The molecule has 0 radical (unpaired) electrons. The topological polar surface area (TPSA) is 55.5 Å². The number of nitrogens with two attached hydrogens (primary N) is 1. The highest BCUT2D eigenvalue weighted by atomic mass is 16.5. The first-order valence-electron chi connectivity index (χ1n) is 5.49. The first kappa shape index (κ1) is 9.40. The minimum absolute atomic E-state index is 0.108. The summed E-state index contributed by atoms with van der Waals surface area (Å²) in [7, 11) is -0.778. The van der Waals surface area contributed by atoms with Gasteiger partial charge in [0.1, 0.15) is 0 Å². The number of benzene rings is 1. The molecule has 3 rings (SSSR count). The van der Waals surface area contributed by atoms with Crippen molar-refractivity contribution in [2.75, 3.05) is 6.54 Å². The maximum Gasteiger partial charge on any atom is 0.492 e. The Morgan fingerprint density at radius 1 is 1.47 bits per heavy atom. The van der Waals surface area contributed by atoms with Gasteiger partial charge in [0.15, 0.2) is 0 Å². The summed E-state index contributed by atoms with van der Waals surface area (Å²) >= 11 is 0. The zero-order chi connectivity index (χ0) is 10.4. The smallest absolute Gasteiger partial charge is 0.423 e. The van der Waals surface area contributed by atoms with Gasteiger partial charge in [-0.05, 0) is 41.4 Å². The lowest BCUT2D eigenvalue weighted by molar-refractivity contribution is 0.197. The number of rotatable bonds is 1. The summed E-state index contributed by atoms with van der Waals surface area (Å²) in [5.41, 5.74) is 10.5. The predicted octanol–water partition coefficient (Wildman–Crippen LogP) is -0.107. The fraction of sp³-hybridized carbons (Fsp3) is 0.455. The van der Waals surface area contributed by atoms with Gasteiger partial charge in [-0.15, -0.1) is 0 Å². The average Bonchev–Trinajstić information content (AvgIpc) is 2.81. The Balaban J connectivity index is 2.18. The maximum absolute atomic E-state index is 9.74. The number of aryl methyl sites for hydroxylation is 1. The average molecular weight is 203 g/mol. The molecule has 0 fully saturated rings. The van der Waals surface area contributed by atoms with Crippen LogP contribution in [0.3, 0.4) is 0 Å². The van der Waals surface area contributed by atoms with E-state index in [9.17, 15) is 5.02 Å². The summed E-state index contributed by atoms with van der Waals surface area (Å²) in [5, 5.41) is 9.74. The number of hydrogen-bond acceptors (Lipinski definition) is 3. The van der Waals surface area contributed by atoms with E-state index in [1.807, 2.05) is 6.07 Å². The molecule has 78 valence electrons. The van der Waals surface area contributed by atoms with Gasteiger partial charge in [0, 0.05) is 6.54 Å². The largest absolute Gasteiger partial charge is 0.492 e. The second-order valence-electron chi connectivity index (χ2n) is 4.27. The van der Waals surface area contributed by atoms with Crippen molar-refractivity contribution in [1.82, 2.24) is 0 Å². The zero-order valence-electron chi connectivity index (χ0n) is 8.57.